The number of imidazole rings is 1. The largest absolute Gasteiger partial charge is 0.359 e. The molecule has 1 aromatic carbocycles. The van der Waals surface area contributed by atoms with Crippen LogP contribution < -0.4 is 5.32 Å². The molecule has 4 nitrogen and oxygen atoms in total. The zero-order valence-electron chi connectivity index (χ0n) is 12.2. The number of aromatic nitrogens is 3. The van der Waals surface area contributed by atoms with Gasteiger partial charge < -0.3 is 5.32 Å². The van der Waals surface area contributed by atoms with E-state index in [1.807, 2.05) is 29.7 Å². The summed E-state index contributed by atoms with van der Waals surface area (Å²) in [5.74, 6) is 3.46. The van der Waals surface area contributed by atoms with E-state index in [0.29, 0.717) is 5.25 Å². The molecular formula is C15H15FN4S3. The van der Waals surface area contributed by atoms with E-state index in [1.54, 1.807) is 28.0 Å². The molecule has 0 bridgehead atoms. The molecule has 0 spiro atoms. The van der Waals surface area contributed by atoms with E-state index in [1.165, 1.54) is 29.4 Å². The summed E-state index contributed by atoms with van der Waals surface area (Å²) in [6, 6.07) is 6.36. The van der Waals surface area contributed by atoms with Crippen LogP contribution in [0.3, 0.4) is 0 Å². The molecule has 1 unspecified atom stereocenters. The fourth-order valence-electron chi connectivity index (χ4n) is 2.39. The van der Waals surface area contributed by atoms with E-state index < -0.39 is 0 Å². The van der Waals surface area contributed by atoms with Gasteiger partial charge in [-0.05, 0) is 24.3 Å². The van der Waals surface area contributed by atoms with Gasteiger partial charge in [0.1, 0.15) is 5.82 Å². The first kappa shape index (κ1) is 15.3. The highest BCUT2D eigenvalue weighted by atomic mass is 32.2. The molecule has 3 aromatic rings. The van der Waals surface area contributed by atoms with Gasteiger partial charge >= 0.3 is 0 Å². The molecule has 120 valence electrons. The maximum absolute atomic E-state index is 13.0. The van der Waals surface area contributed by atoms with Gasteiger partial charge in [-0.2, -0.15) is 23.5 Å². The molecule has 4 rings (SSSR count). The summed E-state index contributed by atoms with van der Waals surface area (Å²) in [5, 5.41) is 9.50. The van der Waals surface area contributed by atoms with Gasteiger partial charge in [0, 0.05) is 34.6 Å². The van der Waals surface area contributed by atoms with E-state index in [4.69, 9.17) is 0 Å². The Labute approximate surface area is 145 Å². The molecule has 1 atom stereocenters. The van der Waals surface area contributed by atoms with Crippen molar-refractivity contribution in [2.75, 3.05) is 29.1 Å². The molecule has 0 saturated carbocycles. The van der Waals surface area contributed by atoms with Crippen LogP contribution >= 0.6 is 34.9 Å². The normalized spacial score (nSPS) is 18.4. The van der Waals surface area contributed by atoms with Crippen LogP contribution in [0, 0.1) is 5.82 Å². The van der Waals surface area contributed by atoms with E-state index in [-0.39, 0.29) is 5.82 Å². The van der Waals surface area contributed by atoms with Crippen LogP contribution in [0.1, 0.15) is 0 Å². The fraction of sp³-hybridized carbons (Fsp3) is 0.333. The van der Waals surface area contributed by atoms with Gasteiger partial charge in [-0.3, -0.25) is 0 Å². The summed E-state index contributed by atoms with van der Waals surface area (Å²) in [4.78, 5) is 5.42. The second-order valence-corrected chi connectivity index (χ2v) is 8.73. The van der Waals surface area contributed by atoms with Crippen molar-refractivity contribution < 1.29 is 4.39 Å². The smallest absolute Gasteiger partial charge is 0.214 e. The molecule has 1 aliphatic rings. The molecule has 23 heavy (non-hydrogen) atoms. The number of fused-ring (bicyclic) bond motifs is 1. The highest BCUT2D eigenvalue weighted by molar-refractivity contribution is 8.06. The van der Waals surface area contributed by atoms with Crippen molar-refractivity contribution in [2.24, 2.45) is 0 Å². The number of benzene rings is 1. The molecule has 3 heterocycles. The Bertz CT molecular complexity index is 761. The average Bonchev–Trinajstić information content (AvgIpc) is 3.13. The Morgan fingerprint density at radius 1 is 1.26 bits per heavy atom. The van der Waals surface area contributed by atoms with Gasteiger partial charge in [0.25, 0.3) is 0 Å². The maximum atomic E-state index is 13.0. The SMILES string of the molecule is Fc1ccc(-c2cn3nc(NCC4CSCCS4)sc3n2)cc1. The van der Waals surface area contributed by atoms with Crippen LogP contribution in [0.5, 0.6) is 0 Å². The Hall–Kier alpha value is -1.25. The Balaban J connectivity index is 1.46. The van der Waals surface area contributed by atoms with Gasteiger partial charge in [0.05, 0.1) is 11.9 Å². The second-order valence-electron chi connectivity index (χ2n) is 5.22. The van der Waals surface area contributed by atoms with Gasteiger partial charge in [-0.15, -0.1) is 5.10 Å². The number of hydrogen-bond donors (Lipinski definition) is 1. The molecule has 0 amide bonds. The van der Waals surface area contributed by atoms with Crippen molar-refractivity contribution in [3.05, 3.63) is 36.3 Å². The Morgan fingerprint density at radius 3 is 2.87 bits per heavy atom. The molecule has 1 fully saturated rings. The predicted octanol–water partition coefficient (Wildman–Crippen LogP) is 3.86. The van der Waals surface area contributed by atoms with Crippen molar-refractivity contribution in [1.82, 2.24) is 14.6 Å². The third-order valence-electron chi connectivity index (χ3n) is 3.55. The number of nitrogens with zero attached hydrogens (tertiary/aromatic N) is 3. The first-order valence-electron chi connectivity index (χ1n) is 7.33. The molecule has 8 heteroatoms. The monoisotopic (exact) mass is 366 g/mol. The third-order valence-corrected chi connectivity index (χ3v) is 7.27. The number of halogens is 1. The summed E-state index contributed by atoms with van der Waals surface area (Å²) in [5.41, 5.74) is 1.71. The van der Waals surface area contributed by atoms with Crippen LogP contribution in [0.15, 0.2) is 30.5 Å². The predicted molar refractivity (Wildman–Crippen MR) is 98.3 cm³/mol. The number of hydrogen-bond acceptors (Lipinski definition) is 6. The molecule has 0 radical (unpaired) electrons. The summed E-state index contributed by atoms with van der Waals surface area (Å²) in [7, 11) is 0. The molecule has 1 N–H and O–H groups in total. The minimum Gasteiger partial charge on any atom is -0.359 e. The van der Waals surface area contributed by atoms with Gasteiger partial charge in [-0.1, -0.05) is 11.3 Å². The van der Waals surface area contributed by atoms with E-state index in [2.05, 4.69) is 15.4 Å². The van der Waals surface area contributed by atoms with Crippen molar-refractivity contribution in [3.8, 4) is 11.3 Å². The minimum absolute atomic E-state index is 0.238. The zero-order chi connectivity index (χ0) is 15.6. The zero-order valence-corrected chi connectivity index (χ0v) is 14.7. The van der Waals surface area contributed by atoms with Crippen LogP contribution in [-0.4, -0.2) is 43.7 Å². The summed E-state index contributed by atoms with van der Waals surface area (Å²) >= 11 is 5.60. The maximum Gasteiger partial charge on any atom is 0.214 e. The number of rotatable bonds is 4. The minimum atomic E-state index is -0.238. The van der Waals surface area contributed by atoms with Crippen molar-refractivity contribution in [2.45, 2.75) is 5.25 Å². The average molecular weight is 367 g/mol. The van der Waals surface area contributed by atoms with Crippen molar-refractivity contribution >= 4 is 45.0 Å². The molecule has 1 aliphatic heterocycles. The standard InChI is InChI=1S/C15H15FN4S3/c16-11-3-1-10(2-4-11)13-8-20-15(18-13)23-14(19-20)17-7-12-9-21-5-6-22-12/h1-4,8,12H,5-7,9H2,(H,17,19). The van der Waals surface area contributed by atoms with Crippen LogP contribution in [0.25, 0.3) is 16.2 Å². The van der Waals surface area contributed by atoms with Crippen LogP contribution in [-0.2, 0) is 0 Å². The topological polar surface area (TPSA) is 42.2 Å². The number of anilines is 1. The molecular weight excluding hydrogens is 351 g/mol. The van der Waals surface area contributed by atoms with Crippen LogP contribution in [0.2, 0.25) is 0 Å². The second kappa shape index (κ2) is 6.70. The van der Waals surface area contributed by atoms with E-state index in [0.717, 1.165) is 27.9 Å². The lowest BCUT2D eigenvalue weighted by molar-refractivity contribution is 0.628. The Morgan fingerprint density at radius 2 is 2.13 bits per heavy atom. The quantitative estimate of drug-likeness (QED) is 0.759. The summed E-state index contributed by atoms with van der Waals surface area (Å²) < 4.78 is 14.8. The van der Waals surface area contributed by atoms with Gasteiger partial charge in [0.15, 0.2) is 0 Å². The molecule has 1 saturated heterocycles. The van der Waals surface area contributed by atoms with E-state index >= 15 is 0 Å². The Kier molecular flexibility index (Phi) is 4.46. The highest BCUT2D eigenvalue weighted by Crippen LogP contribution is 2.27. The molecule has 0 aliphatic carbocycles. The van der Waals surface area contributed by atoms with Crippen molar-refractivity contribution in [3.63, 3.8) is 0 Å². The first-order valence-corrected chi connectivity index (χ1v) is 10.4. The fourth-order valence-corrected chi connectivity index (χ4v) is 5.79. The van der Waals surface area contributed by atoms with Gasteiger partial charge in [0.2, 0.25) is 10.1 Å². The number of nitrogens with one attached hydrogen (secondary N) is 1. The summed E-state index contributed by atoms with van der Waals surface area (Å²) in [6.07, 6.45) is 1.88. The lowest BCUT2D eigenvalue weighted by Gasteiger charge is -2.20. The highest BCUT2D eigenvalue weighted by Gasteiger charge is 2.15. The summed E-state index contributed by atoms with van der Waals surface area (Å²) in [6.45, 7) is 0.944. The van der Waals surface area contributed by atoms with Gasteiger partial charge in [-0.25, -0.2) is 13.9 Å². The van der Waals surface area contributed by atoms with Crippen molar-refractivity contribution in [1.29, 1.82) is 0 Å². The van der Waals surface area contributed by atoms with E-state index in [9.17, 15) is 4.39 Å². The molecule has 2 aromatic heterocycles. The lowest BCUT2D eigenvalue weighted by Crippen LogP contribution is -2.23. The van der Waals surface area contributed by atoms with Crippen LogP contribution in [0.4, 0.5) is 9.52 Å². The number of thioether (sulfide) groups is 2. The lowest BCUT2D eigenvalue weighted by atomic mass is 10.2. The first-order chi connectivity index (χ1) is 11.3. The third kappa shape index (κ3) is 3.49.